The summed E-state index contributed by atoms with van der Waals surface area (Å²) in [5.41, 5.74) is 0.461. The molecule has 2 aromatic rings. The Morgan fingerprint density at radius 2 is 2.25 bits per heavy atom. The number of rotatable bonds is 2. The number of pyridine rings is 1. The zero-order chi connectivity index (χ0) is 11.5. The summed E-state index contributed by atoms with van der Waals surface area (Å²) in [5.74, 6) is 0.586. The first-order chi connectivity index (χ1) is 7.66. The van der Waals surface area contributed by atoms with Gasteiger partial charge in [-0.15, -0.1) is 0 Å². The van der Waals surface area contributed by atoms with Crippen molar-refractivity contribution < 1.29 is 9.21 Å². The second-order valence-electron chi connectivity index (χ2n) is 3.22. The smallest absolute Gasteiger partial charge is 0.291 e. The van der Waals surface area contributed by atoms with Crippen LogP contribution in [0.5, 0.6) is 0 Å². The Kier molecular flexibility index (Phi) is 2.92. The Morgan fingerprint density at radius 3 is 2.88 bits per heavy atom. The first kappa shape index (κ1) is 10.7. The van der Waals surface area contributed by atoms with Crippen LogP contribution < -0.4 is 5.32 Å². The molecule has 0 bridgehead atoms. The highest BCUT2D eigenvalue weighted by Crippen LogP contribution is 2.20. The second kappa shape index (κ2) is 4.37. The lowest BCUT2D eigenvalue weighted by molar-refractivity contribution is 0.0995. The molecule has 2 aromatic heterocycles. The van der Waals surface area contributed by atoms with E-state index in [1.807, 2.05) is 0 Å². The topological polar surface area (TPSA) is 55.1 Å². The van der Waals surface area contributed by atoms with Crippen LogP contribution in [0, 0.1) is 6.92 Å². The van der Waals surface area contributed by atoms with Gasteiger partial charge in [0.2, 0.25) is 0 Å². The SMILES string of the molecule is Cc1ccc(C(=O)Nc2cnccc2Cl)o1. The van der Waals surface area contributed by atoms with Crippen LogP contribution in [0.3, 0.4) is 0 Å². The first-order valence-electron chi connectivity index (χ1n) is 4.64. The number of hydrogen-bond donors (Lipinski definition) is 1. The molecule has 5 heteroatoms. The Morgan fingerprint density at radius 1 is 1.44 bits per heavy atom. The zero-order valence-corrected chi connectivity index (χ0v) is 9.28. The number of amides is 1. The molecule has 0 atom stereocenters. The van der Waals surface area contributed by atoms with E-state index >= 15 is 0 Å². The van der Waals surface area contributed by atoms with Crippen LogP contribution in [0.2, 0.25) is 5.02 Å². The van der Waals surface area contributed by atoms with Gasteiger partial charge < -0.3 is 9.73 Å². The fourth-order valence-electron chi connectivity index (χ4n) is 1.21. The first-order valence-corrected chi connectivity index (χ1v) is 5.02. The van der Waals surface area contributed by atoms with Gasteiger partial charge in [0.15, 0.2) is 5.76 Å². The molecule has 0 aliphatic heterocycles. The van der Waals surface area contributed by atoms with Crippen LogP contribution in [0.15, 0.2) is 35.0 Å². The number of carbonyl (C=O) groups is 1. The van der Waals surface area contributed by atoms with Crippen molar-refractivity contribution in [3.05, 3.63) is 47.1 Å². The summed E-state index contributed by atoms with van der Waals surface area (Å²) in [4.78, 5) is 15.6. The van der Waals surface area contributed by atoms with Gasteiger partial charge in [-0.1, -0.05) is 11.6 Å². The third kappa shape index (κ3) is 2.23. The molecule has 0 spiro atoms. The van der Waals surface area contributed by atoms with Crippen molar-refractivity contribution in [1.82, 2.24) is 4.98 Å². The highest BCUT2D eigenvalue weighted by Gasteiger charge is 2.11. The van der Waals surface area contributed by atoms with Crippen LogP contribution in [0.25, 0.3) is 0 Å². The number of hydrogen-bond acceptors (Lipinski definition) is 3. The van der Waals surface area contributed by atoms with Gasteiger partial charge in [0.1, 0.15) is 5.76 Å². The lowest BCUT2D eigenvalue weighted by atomic mass is 10.3. The van der Waals surface area contributed by atoms with Gasteiger partial charge in [-0.25, -0.2) is 0 Å². The number of aryl methyl sites for hydroxylation is 1. The molecule has 0 saturated carbocycles. The predicted octanol–water partition coefficient (Wildman–Crippen LogP) is 2.89. The number of anilines is 1. The molecule has 82 valence electrons. The molecule has 16 heavy (non-hydrogen) atoms. The fourth-order valence-corrected chi connectivity index (χ4v) is 1.36. The average Bonchev–Trinajstić information content (AvgIpc) is 2.68. The number of halogens is 1. The Bertz CT molecular complexity index is 522. The maximum Gasteiger partial charge on any atom is 0.291 e. The number of nitrogens with one attached hydrogen (secondary N) is 1. The van der Waals surface area contributed by atoms with Crippen LogP contribution >= 0.6 is 11.6 Å². The predicted molar refractivity (Wildman–Crippen MR) is 60.6 cm³/mol. The summed E-state index contributed by atoms with van der Waals surface area (Å²) >= 11 is 5.88. The number of aromatic nitrogens is 1. The Hall–Kier alpha value is -1.81. The molecule has 0 saturated heterocycles. The van der Waals surface area contributed by atoms with E-state index in [4.69, 9.17) is 16.0 Å². The average molecular weight is 237 g/mol. The Labute approximate surface area is 97.2 Å². The van der Waals surface area contributed by atoms with E-state index in [2.05, 4.69) is 10.3 Å². The summed E-state index contributed by atoms with van der Waals surface area (Å²) in [6, 6.07) is 4.93. The molecular weight excluding hydrogens is 228 g/mol. The fraction of sp³-hybridized carbons (Fsp3) is 0.0909. The van der Waals surface area contributed by atoms with Gasteiger partial charge in [0, 0.05) is 6.20 Å². The van der Waals surface area contributed by atoms with Crippen LogP contribution in [0.4, 0.5) is 5.69 Å². The van der Waals surface area contributed by atoms with Crippen LogP contribution in [-0.2, 0) is 0 Å². The van der Waals surface area contributed by atoms with Crippen LogP contribution in [-0.4, -0.2) is 10.9 Å². The second-order valence-corrected chi connectivity index (χ2v) is 3.63. The minimum absolute atomic E-state index is 0.248. The van der Waals surface area contributed by atoms with E-state index in [1.165, 1.54) is 6.20 Å². The van der Waals surface area contributed by atoms with E-state index in [1.54, 1.807) is 31.3 Å². The van der Waals surface area contributed by atoms with Crippen molar-refractivity contribution >= 4 is 23.2 Å². The van der Waals surface area contributed by atoms with E-state index < -0.39 is 0 Å². The van der Waals surface area contributed by atoms with Gasteiger partial charge >= 0.3 is 0 Å². The summed E-state index contributed by atoms with van der Waals surface area (Å²) < 4.78 is 5.18. The minimum Gasteiger partial charge on any atom is -0.456 e. The van der Waals surface area contributed by atoms with Crippen molar-refractivity contribution in [1.29, 1.82) is 0 Å². The quantitative estimate of drug-likeness (QED) is 0.872. The maximum atomic E-state index is 11.7. The monoisotopic (exact) mass is 236 g/mol. The normalized spacial score (nSPS) is 10.1. The summed E-state index contributed by atoms with van der Waals surface area (Å²) in [6.07, 6.45) is 3.03. The van der Waals surface area contributed by atoms with Gasteiger partial charge in [0.25, 0.3) is 5.91 Å². The zero-order valence-electron chi connectivity index (χ0n) is 8.53. The van der Waals surface area contributed by atoms with Gasteiger partial charge in [-0.3, -0.25) is 9.78 Å². The lowest BCUT2D eigenvalue weighted by Gasteiger charge is -2.03. The van der Waals surface area contributed by atoms with Crippen molar-refractivity contribution in [2.75, 3.05) is 5.32 Å². The van der Waals surface area contributed by atoms with Gasteiger partial charge in [0.05, 0.1) is 16.9 Å². The molecule has 4 nitrogen and oxygen atoms in total. The lowest BCUT2D eigenvalue weighted by Crippen LogP contribution is -2.11. The van der Waals surface area contributed by atoms with E-state index in [0.717, 1.165) is 0 Å². The maximum absolute atomic E-state index is 11.7. The molecule has 1 N–H and O–H groups in total. The molecule has 2 heterocycles. The minimum atomic E-state index is -0.344. The van der Waals surface area contributed by atoms with Crippen LogP contribution in [0.1, 0.15) is 16.3 Å². The van der Waals surface area contributed by atoms with Gasteiger partial charge in [-0.05, 0) is 25.1 Å². The molecule has 1 amide bonds. The standard InChI is InChI=1S/C11H9ClN2O2/c1-7-2-3-10(16-7)11(15)14-9-6-13-5-4-8(9)12/h2-6H,1H3,(H,14,15). The van der Waals surface area contributed by atoms with Crippen molar-refractivity contribution in [3.63, 3.8) is 0 Å². The molecule has 0 aromatic carbocycles. The molecule has 0 radical (unpaired) electrons. The number of furan rings is 1. The molecule has 0 unspecified atom stereocenters. The van der Waals surface area contributed by atoms with E-state index in [0.29, 0.717) is 16.5 Å². The third-order valence-electron chi connectivity index (χ3n) is 1.98. The third-order valence-corrected chi connectivity index (χ3v) is 2.31. The molecule has 0 aliphatic carbocycles. The largest absolute Gasteiger partial charge is 0.456 e. The highest BCUT2D eigenvalue weighted by atomic mass is 35.5. The molecular formula is C11H9ClN2O2. The van der Waals surface area contributed by atoms with Crippen molar-refractivity contribution in [3.8, 4) is 0 Å². The summed E-state index contributed by atoms with van der Waals surface area (Å²) in [7, 11) is 0. The summed E-state index contributed by atoms with van der Waals surface area (Å²) in [6.45, 7) is 1.77. The van der Waals surface area contributed by atoms with E-state index in [9.17, 15) is 4.79 Å². The van der Waals surface area contributed by atoms with Gasteiger partial charge in [-0.2, -0.15) is 0 Å². The van der Waals surface area contributed by atoms with Crippen molar-refractivity contribution in [2.24, 2.45) is 0 Å². The number of carbonyl (C=O) groups excluding carboxylic acids is 1. The number of nitrogens with zero attached hydrogens (tertiary/aromatic N) is 1. The molecule has 0 fully saturated rings. The highest BCUT2D eigenvalue weighted by molar-refractivity contribution is 6.33. The Balaban J connectivity index is 2.17. The molecule has 0 aliphatic rings. The summed E-state index contributed by atoms with van der Waals surface area (Å²) in [5, 5.41) is 3.05. The van der Waals surface area contributed by atoms with E-state index in [-0.39, 0.29) is 11.7 Å². The molecule has 2 rings (SSSR count). The van der Waals surface area contributed by atoms with Crippen molar-refractivity contribution in [2.45, 2.75) is 6.92 Å².